The van der Waals surface area contributed by atoms with Crippen LogP contribution in [0.2, 0.25) is 0 Å². The van der Waals surface area contributed by atoms with Gasteiger partial charge in [-0.05, 0) is 49.9 Å². The first-order valence-corrected chi connectivity index (χ1v) is 12.6. The molecule has 8 nitrogen and oxygen atoms in total. The van der Waals surface area contributed by atoms with E-state index in [1.807, 2.05) is 0 Å². The average Bonchev–Trinajstić information content (AvgIpc) is 3.27. The summed E-state index contributed by atoms with van der Waals surface area (Å²) in [6.45, 7) is 1.48. The summed E-state index contributed by atoms with van der Waals surface area (Å²) in [5.41, 5.74) is 0.142. The topological polar surface area (TPSA) is 114 Å². The molecule has 3 N–H and O–H groups in total. The zero-order chi connectivity index (χ0) is 25.6. The molecule has 3 rings (SSSR count). The van der Waals surface area contributed by atoms with Crippen molar-refractivity contribution in [2.24, 2.45) is 11.8 Å². The first-order chi connectivity index (χ1) is 16.5. The summed E-state index contributed by atoms with van der Waals surface area (Å²) in [5.74, 6) is -1.47. The molecular weight excluding hydrogens is 489 g/mol. The van der Waals surface area contributed by atoms with E-state index in [-0.39, 0.29) is 47.1 Å². The van der Waals surface area contributed by atoms with Crippen LogP contribution in [0.1, 0.15) is 32.6 Å². The highest BCUT2D eigenvalue weighted by atomic mass is 32.2. The van der Waals surface area contributed by atoms with Crippen LogP contribution in [-0.4, -0.2) is 39.0 Å². The maximum absolute atomic E-state index is 13.0. The normalized spacial score (nSPS) is 15.5. The van der Waals surface area contributed by atoms with Crippen LogP contribution in [0, 0.1) is 11.8 Å². The summed E-state index contributed by atoms with van der Waals surface area (Å²) in [4.78, 5) is 12.4. The van der Waals surface area contributed by atoms with Crippen molar-refractivity contribution in [3.63, 3.8) is 0 Å². The number of sulfonamides is 1. The molecule has 0 saturated heterocycles. The Morgan fingerprint density at radius 1 is 1.14 bits per heavy atom. The first kappa shape index (κ1) is 26.6. The van der Waals surface area contributed by atoms with Gasteiger partial charge in [-0.15, -0.1) is 13.2 Å². The molecule has 0 bridgehead atoms. The zero-order valence-corrected chi connectivity index (χ0v) is 19.8. The van der Waals surface area contributed by atoms with Gasteiger partial charge in [0.05, 0.1) is 24.8 Å². The number of ether oxygens (including phenoxy) is 2. The van der Waals surface area contributed by atoms with Crippen LogP contribution in [0.5, 0.6) is 11.5 Å². The Hall–Kier alpha value is -2.99. The van der Waals surface area contributed by atoms with E-state index < -0.39 is 28.1 Å². The Labute approximate surface area is 201 Å². The Morgan fingerprint density at radius 3 is 2.49 bits per heavy atom. The van der Waals surface area contributed by atoms with Crippen LogP contribution in [0.3, 0.4) is 0 Å². The number of aliphatic hydroxyl groups is 1. The molecule has 2 aromatic rings. The predicted molar refractivity (Wildman–Crippen MR) is 123 cm³/mol. The number of amides is 1. The quantitative estimate of drug-likeness (QED) is 0.428. The summed E-state index contributed by atoms with van der Waals surface area (Å²) < 4.78 is 74.9. The number of benzene rings is 2. The first-order valence-electron chi connectivity index (χ1n) is 11.1. The van der Waals surface area contributed by atoms with E-state index in [1.54, 1.807) is 6.92 Å². The van der Waals surface area contributed by atoms with Gasteiger partial charge < -0.3 is 19.9 Å². The molecule has 0 spiro atoms. The monoisotopic (exact) mass is 516 g/mol. The summed E-state index contributed by atoms with van der Waals surface area (Å²) in [7, 11) is -4.27. The third-order valence-electron chi connectivity index (χ3n) is 5.62. The maximum atomic E-state index is 13.0. The number of alkyl halides is 3. The van der Waals surface area contributed by atoms with Crippen molar-refractivity contribution in [2.75, 3.05) is 23.3 Å². The second kappa shape index (κ2) is 11.2. The van der Waals surface area contributed by atoms with Crippen molar-refractivity contribution in [3.05, 3.63) is 42.5 Å². The van der Waals surface area contributed by atoms with E-state index in [2.05, 4.69) is 14.8 Å². The van der Waals surface area contributed by atoms with Gasteiger partial charge in [0.25, 0.3) is 10.0 Å². The van der Waals surface area contributed by atoms with Gasteiger partial charge in [0.1, 0.15) is 16.4 Å². The fourth-order valence-electron chi connectivity index (χ4n) is 4.08. The van der Waals surface area contributed by atoms with Crippen LogP contribution in [0.15, 0.2) is 47.4 Å². The van der Waals surface area contributed by atoms with Gasteiger partial charge in [-0.2, -0.15) is 0 Å². The predicted octanol–water partition coefficient (Wildman–Crippen LogP) is 4.52. The summed E-state index contributed by atoms with van der Waals surface area (Å²) >= 11 is 0. The Bertz CT molecular complexity index is 1130. The summed E-state index contributed by atoms with van der Waals surface area (Å²) in [5, 5.41) is 12.4. The number of aliphatic hydroxyl groups excluding tert-OH is 1. The number of nitrogens with one attached hydrogen (secondary N) is 2. The zero-order valence-electron chi connectivity index (χ0n) is 19.0. The van der Waals surface area contributed by atoms with E-state index in [0.717, 1.165) is 37.8 Å². The third-order valence-corrected chi connectivity index (χ3v) is 7.04. The van der Waals surface area contributed by atoms with Crippen molar-refractivity contribution in [3.8, 4) is 11.5 Å². The maximum Gasteiger partial charge on any atom is 0.573 e. The molecule has 1 aliphatic rings. The van der Waals surface area contributed by atoms with Crippen LogP contribution < -0.4 is 19.5 Å². The Kier molecular flexibility index (Phi) is 8.49. The van der Waals surface area contributed by atoms with Gasteiger partial charge in [0.15, 0.2) is 0 Å². The van der Waals surface area contributed by atoms with E-state index in [1.165, 1.54) is 30.3 Å². The second-order valence-electron chi connectivity index (χ2n) is 8.10. The highest BCUT2D eigenvalue weighted by Gasteiger charge is 2.32. The molecule has 192 valence electrons. The van der Waals surface area contributed by atoms with Gasteiger partial charge >= 0.3 is 6.36 Å². The van der Waals surface area contributed by atoms with Crippen LogP contribution in [-0.2, 0) is 14.8 Å². The fraction of sp³-hybridized carbons (Fsp3) is 0.435. The molecule has 1 amide bonds. The van der Waals surface area contributed by atoms with Crippen molar-refractivity contribution in [2.45, 2.75) is 43.9 Å². The lowest BCUT2D eigenvalue weighted by atomic mass is 9.90. The van der Waals surface area contributed by atoms with Gasteiger partial charge in [-0.3, -0.25) is 9.52 Å². The molecule has 1 aliphatic carbocycles. The molecule has 1 unspecified atom stereocenters. The van der Waals surface area contributed by atoms with Gasteiger partial charge in [0.2, 0.25) is 5.91 Å². The minimum atomic E-state index is -4.92. The minimum Gasteiger partial charge on any atom is -0.492 e. The highest BCUT2D eigenvalue weighted by Crippen LogP contribution is 2.34. The number of hydrogen-bond donors (Lipinski definition) is 3. The third kappa shape index (κ3) is 7.25. The molecule has 0 aromatic heterocycles. The molecule has 0 aliphatic heterocycles. The van der Waals surface area contributed by atoms with E-state index in [4.69, 9.17) is 4.74 Å². The number of hydrogen-bond acceptors (Lipinski definition) is 6. The van der Waals surface area contributed by atoms with E-state index in [0.29, 0.717) is 0 Å². The van der Waals surface area contributed by atoms with Gasteiger partial charge in [-0.1, -0.05) is 18.9 Å². The second-order valence-corrected chi connectivity index (χ2v) is 9.75. The molecule has 1 fully saturated rings. The number of halogens is 3. The molecule has 35 heavy (non-hydrogen) atoms. The molecule has 1 saturated carbocycles. The summed E-state index contributed by atoms with van der Waals surface area (Å²) in [6.07, 6.45) is -1.18. The molecule has 0 radical (unpaired) electrons. The lowest BCUT2D eigenvalue weighted by Crippen LogP contribution is -2.31. The Morgan fingerprint density at radius 2 is 1.86 bits per heavy atom. The molecule has 2 aromatic carbocycles. The number of anilines is 2. The van der Waals surface area contributed by atoms with Gasteiger partial charge in [0, 0.05) is 17.8 Å². The van der Waals surface area contributed by atoms with Crippen LogP contribution >= 0.6 is 0 Å². The van der Waals surface area contributed by atoms with Crippen LogP contribution in [0.4, 0.5) is 24.5 Å². The minimum absolute atomic E-state index is 0.0538. The number of carbonyl (C=O) groups excluding carboxylic acids is 1. The number of carbonyl (C=O) groups is 1. The number of rotatable bonds is 10. The average molecular weight is 517 g/mol. The Balaban J connectivity index is 1.81. The molecule has 1 atom stereocenters. The van der Waals surface area contributed by atoms with Gasteiger partial charge in [-0.25, -0.2) is 8.42 Å². The largest absolute Gasteiger partial charge is 0.573 e. The van der Waals surface area contributed by atoms with Crippen molar-refractivity contribution in [1.82, 2.24) is 0 Å². The smallest absolute Gasteiger partial charge is 0.492 e. The standard InChI is InChI=1S/C23H27F3N2O6S/c1-2-33-20-13-16(27-22(30)19(14-29)15-6-3-4-7-15)10-11-21(20)35(31,32)28-17-8-5-9-18(12-17)34-23(24,25)26/h5,8-13,15,19,28-29H,2-4,6-7,14H2,1H3,(H,27,30). The van der Waals surface area contributed by atoms with Crippen molar-refractivity contribution in [1.29, 1.82) is 0 Å². The van der Waals surface area contributed by atoms with Crippen LogP contribution in [0.25, 0.3) is 0 Å². The molecular formula is C23H27F3N2O6S. The van der Waals surface area contributed by atoms with E-state index >= 15 is 0 Å². The molecule has 12 heteroatoms. The lowest BCUT2D eigenvalue weighted by Gasteiger charge is -2.21. The van der Waals surface area contributed by atoms with E-state index in [9.17, 15) is 31.5 Å². The molecule has 0 heterocycles. The fourth-order valence-corrected chi connectivity index (χ4v) is 5.26. The van der Waals surface area contributed by atoms with Crippen molar-refractivity contribution >= 4 is 27.3 Å². The lowest BCUT2D eigenvalue weighted by molar-refractivity contribution is -0.274. The summed E-state index contributed by atoms with van der Waals surface area (Å²) in [6, 6.07) is 8.38. The SMILES string of the molecule is CCOc1cc(NC(=O)C(CO)C2CCCC2)ccc1S(=O)(=O)Nc1cccc(OC(F)(F)F)c1. The highest BCUT2D eigenvalue weighted by molar-refractivity contribution is 7.92. The van der Waals surface area contributed by atoms with Crippen molar-refractivity contribution < 1.29 is 41.0 Å².